The van der Waals surface area contributed by atoms with Crippen LogP contribution in [-0.2, 0) is 4.79 Å². The number of furan rings is 1. The molecule has 0 radical (unpaired) electrons. The first-order valence-corrected chi connectivity index (χ1v) is 9.36. The zero-order chi connectivity index (χ0) is 21.8. The molecule has 150 valence electrons. The first kappa shape index (κ1) is 21.2. The molecule has 1 heterocycles. The molecular weight excluding hydrogens is 427 g/mol. The number of carbonyl (C=O) groups is 2. The minimum absolute atomic E-state index is 0.0214. The van der Waals surface area contributed by atoms with E-state index in [-0.39, 0.29) is 21.9 Å². The lowest BCUT2D eigenvalue weighted by molar-refractivity contribution is -0.112. The highest BCUT2D eigenvalue weighted by molar-refractivity contribution is 6.33. The number of amides is 1. The Balaban J connectivity index is 1.84. The third-order valence-corrected chi connectivity index (χ3v) is 4.76. The summed E-state index contributed by atoms with van der Waals surface area (Å²) in [4.78, 5) is 23.5. The average molecular weight is 441 g/mol. The lowest BCUT2D eigenvalue weighted by Crippen LogP contribution is -2.14. The van der Waals surface area contributed by atoms with Crippen LogP contribution in [0.3, 0.4) is 0 Å². The van der Waals surface area contributed by atoms with E-state index < -0.39 is 11.9 Å². The summed E-state index contributed by atoms with van der Waals surface area (Å²) >= 11 is 11.9. The third kappa shape index (κ3) is 4.71. The number of nitrogens with zero attached hydrogens (tertiary/aromatic N) is 1. The van der Waals surface area contributed by atoms with Gasteiger partial charge in [-0.15, -0.1) is 0 Å². The maximum absolute atomic E-state index is 12.5. The lowest BCUT2D eigenvalue weighted by Gasteiger charge is -2.08. The van der Waals surface area contributed by atoms with E-state index in [1.807, 2.05) is 6.07 Å². The average Bonchev–Trinajstić information content (AvgIpc) is 3.17. The van der Waals surface area contributed by atoms with Gasteiger partial charge in [0.05, 0.1) is 10.6 Å². The number of rotatable bonds is 5. The summed E-state index contributed by atoms with van der Waals surface area (Å²) in [5.41, 5.74) is 1.68. The van der Waals surface area contributed by atoms with Crippen molar-refractivity contribution >= 4 is 46.8 Å². The van der Waals surface area contributed by atoms with E-state index in [1.54, 1.807) is 43.3 Å². The molecular formula is C22H14Cl2N2O4. The van der Waals surface area contributed by atoms with Crippen molar-refractivity contribution < 1.29 is 19.1 Å². The first-order valence-electron chi connectivity index (χ1n) is 8.61. The van der Waals surface area contributed by atoms with E-state index in [9.17, 15) is 14.9 Å². The molecule has 0 saturated heterocycles. The first-order chi connectivity index (χ1) is 14.3. The van der Waals surface area contributed by atoms with Crippen LogP contribution in [0.25, 0.3) is 17.4 Å². The molecule has 30 heavy (non-hydrogen) atoms. The summed E-state index contributed by atoms with van der Waals surface area (Å²) in [5.74, 6) is -1.05. The molecule has 3 aromatic rings. The normalized spacial score (nSPS) is 11.1. The molecule has 0 unspecified atom stereocenters. The fourth-order valence-corrected chi connectivity index (χ4v) is 3.07. The van der Waals surface area contributed by atoms with Crippen molar-refractivity contribution in [1.82, 2.24) is 0 Å². The Morgan fingerprint density at radius 1 is 1.13 bits per heavy atom. The number of halogens is 2. The fraction of sp³-hybridized carbons (Fsp3) is 0.0455. The van der Waals surface area contributed by atoms with Gasteiger partial charge in [-0.3, -0.25) is 4.79 Å². The van der Waals surface area contributed by atoms with Crippen LogP contribution in [0.4, 0.5) is 5.69 Å². The van der Waals surface area contributed by atoms with Crippen molar-refractivity contribution in [3.8, 4) is 17.4 Å². The number of carboxylic acids is 1. The second-order valence-corrected chi connectivity index (χ2v) is 7.13. The number of nitrogens with one attached hydrogen (secondary N) is 1. The van der Waals surface area contributed by atoms with Crippen LogP contribution in [0, 0.1) is 18.3 Å². The number of benzene rings is 2. The largest absolute Gasteiger partial charge is 0.478 e. The molecule has 0 aliphatic rings. The van der Waals surface area contributed by atoms with Gasteiger partial charge in [-0.1, -0.05) is 35.3 Å². The molecule has 1 amide bonds. The zero-order valence-corrected chi connectivity index (χ0v) is 17.1. The Morgan fingerprint density at radius 3 is 2.57 bits per heavy atom. The molecule has 2 N–H and O–H groups in total. The Kier molecular flexibility index (Phi) is 6.26. The second-order valence-electron chi connectivity index (χ2n) is 6.28. The van der Waals surface area contributed by atoms with Crippen LogP contribution in [0.1, 0.15) is 21.7 Å². The summed E-state index contributed by atoms with van der Waals surface area (Å²) < 4.78 is 5.67. The van der Waals surface area contributed by atoms with Crippen molar-refractivity contribution in [2.45, 2.75) is 6.92 Å². The molecule has 8 heteroatoms. The molecule has 3 rings (SSSR count). The number of aromatic carboxylic acids is 1. The quantitative estimate of drug-likeness (QED) is 0.385. The van der Waals surface area contributed by atoms with Gasteiger partial charge in [0.2, 0.25) is 0 Å². The fourth-order valence-electron chi connectivity index (χ4n) is 2.64. The number of hydrogen-bond acceptors (Lipinski definition) is 4. The molecule has 0 aliphatic carbocycles. The number of hydrogen-bond donors (Lipinski definition) is 2. The maximum Gasteiger partial charge on any atom is 0.337 e. The zero-order valence-electron chi connectivity index (χ0n) is 15.6. The third-order valence-electron chi connectivity index (χ3n) is 4.21. The van der Waals surface area contributed by atoms with E-state index in [1.165, 1.54) is 18.2 Å². The minimum atomic E-state index is -1.13. The van der Waals surface area contributed by atoms with Crippen molar-refractivity contribution in [1.29, 1.82) is 5.26 Å². The molecule has 0 fully saturated rings. The van der Waals surface area contributed by atoms with E-state index in [0.29, 0.717) is 22.0 Å². The molecule has 0 spiro atoms. The summed E-state index contributed by atoms with van der Waals surface area (Å²) in [6.45, 7) is 1.81. The Labute approximate surface area is 182 Å². The highest BCUT2D eigenvalue weighted by Gasteiger charge is 2.14. The number of nitriles is 1. The highest BCUT2D eigenvalue weighted by atomic mass is 35.5. The predicted octanol–water partition coefficient (Wildman–Crippen LogP) is 5.81. The van der Waals surface area contributed by atoms with E-state index in [4.69, 9.17) is 32.7 Å². The Morgan fingerprint density at radius 2 is 1.90 bits per heavy atom. The van der Waals surface area contributed by atoms with Crippen molar-refractivity contribution in [3.05, 3.63) is 81.0 Å². The summed E-state index contributed by atoms with van der Waals surface area (Å²) in [6.07, 6.45) is 1.31. The molecule has 2 aromatic carbocycles. The standard InChI is InChI=1S/C22H14Cl2N2O4/c1-12-2-4-15(23)10-19(12)26-21(27)14(11-25)8-16-5-7-20(30-16)13-3-6-17(22(28)29)18(24)9-13/h2-10H,1H3,(H,26,27)(H,28,29)/b14-8-. The SMILES string of the molecule is Cc1ccc(Cl)cc1NC(=O)/C(C#N)=C\c1ccc(-c2ccc(C(=O)O)c(Cl)c2)o1. The van der Waals surface area contributed by atoms with Crippen LogP contribution in [-0.4, -0.2) is 17.0 Å². The number of anilines is 1. The summed E-state index contributed by atoms with van der Waals surface area (Å²) in [7, 11) is 0. The predicted molar refractivity (Wildman–Crippen MR) is 115 cm³/mol. The van der Waals surface area contributed by atoms with Crippen LogP contribution in [0.2, 0.25) is 10.0 Å². The second kappa shape index (κ2) is 8.87. The number of aryl methyl sites for hydroxylation is 1. The Hall–Kier alpha value is -3.53. The molecule has 0 aliphatic heterocycles. The van der Waals surface area contributed by atoms with Crippen molar-refractivity contribution in [2.24, 2.45) is 0 Å². The van der Waals surface area contributed by atoms with Crippen LogP contribution < -0.4 is 5.32 Å². The monoisotopic (exact) mass is 440 g/mol. The van der Waals surface area contributed by atoms with E-state index >= 15 is 0 Å². The van der Waals surface area contributed by atoms with Crippen LogP contribution in [0.15, 0.2) is 58.5 Å². The van der Waals surface area contributed by atoms with Gasteiger partial charge in [0.1, 0.15) is 23.2 Å². The maximum atomic E-state index is 12.5. The minimum Gasteiger partial charge on any atom is -0.478 e. The van der Waals surface area contributed by atoms with Gasteiger partial charge >= 0.3 is 5.97 Å². The smallest absolute Gasteiger partial charge is 0.337 e. The lowest BCUT2D eigenvalue weighted by atomic mass is 10.1. The molecule has 0 saturated carbocycles. The van der Waals surface area contributed by atoms with Crippen LogP contribution in [0.5, 0.6) is 0 Å². The van der Waals surface area contributed by atoms with Crippen LogP contribution >= 0.6 is 23.2 Å². The van der Waals surface area contributed by atoms with Gasteiger partial charge in [0, 0.05) is 22.3 Å². The highest BCUT2D eigenvalue weighted by Crippen LogP contribution is 2.28. The van der Waals surface area contributed by atoms with Gasteiger partial charge < -0.3 is 14.8 Å². The molecule has 6 nitrogen and oxygen atoms in total. The van der Waals surface area contributed by atoms with Gasteiger partial charge in [-0.05, 0) is 48.9 Å². The summed E-state index contributed by atoms with van der Waals surface area (Å²) in [5, 5.41) is 21.6. The van der Waals surface area contributed by atoms with Gasteiger partial charge in [0.25, 0.3) is 5.91 Å². The number of carboxylic acid groups (broad SMARTS) is 1. The molecule has 1 aromatic heterocycles. The van der Waals surface area contributed by atoms with E-state index in [0.717, 1.165) is 5.56 Å². The van der Waals surface area contributed by atoms with Gasteiger partial charge in [-0.2, -0.15) is 5.26 Å². The summed E-state index contributed by atoms with van der Waals surface area (Å²) in [6, 6.07) is 14.5. The molecule has 0 atom stereocenters. The van der Waals surface area contributed by atoms with Gasteiger partial charge in [-0.25, -0.2) is 4.79 Å². The number of carbonyl (C=O) groups excluding carboxylic acids is 1. The van der Waals surface area contributed by atoms with Crippen molar-refractivity contribution in [2.75, 3.05) is 5.32 Å². The van der Waals surface area contributed by atoms with Gasteiger partial charge in [0.15, 0.2) is 0 Å². The van der Waals surface area contributed by atoms with Crippen molar-refractivity contribution in [3.63, 3.8) is 0 Å². The van der Waals surface area contributed by atoms with E-state index in [2.05, 4.69) is 5.32 Å². The molecule has 0 bridgehead atoms. The topological polar surface area (TPSA) is 103 Å². The Bertz CT molecular complexity index is 1220.